The van der Waals surface area contributed by atoms with Crippen molar-refractivity contribution in [1.82, 2.24) is 31.5 Å². The van der Waals surface area contributed by atoms with Gasteiger partial charge in [-0.05, 0) is 50.9 Å². The summed E-state index contributed by atoms with van der Waals surface area (Å²) in [5, 5.41) is 13.3. The summed E-state index contributed by atoms with van der Waals surface area (Å²) < 4.78 is 0. The summed E-state index contributed by atoms with van der Waals surface area (Å²) >= 11 is 1.21. The molecular formula is C33H56N6O8S. The molecule has 0 aromatic carbocycles. The van der Waals surface area contributed by atoms with E-state index in [0.717, 1.165) is 0 Å². The van der Waals surface area contributed by atoms with Crippen molar-refractivity contribution >= 4 is 58.8 Å². The van der Waals surface area contributed by atoms with Gasteiger partial charge in [-0.3, -0.25) is 38.4 Å². The van der Waals surface area contributed by atoms with Gasteiger partial charge in [-0.25, -0.2) is 0 Å². The lowest BCUT2D eigenvalue weighted by Gasteiger charge is -2.27. The van der Waals surface area contributed by atoms with Crippen LogP contribution in [0.5, 0.6) is 0 Å². The second kappa shape index (κ2) is 21.5. The lowest BCUT2D eigenvalue weighted by atomic mass is 9.94. The van der Waals surface area contributed by atoms with E-state index in [1.165, 1.54) is 30.5 Å². The van der Waals surface area contributed by atoms with Crippen molar-refractivity contribution < 1.29 is 38.4 Å². The van der Waals surface area contributed by atoms with E-state index < -0.39 is 54.2 Å². The van der Waals surface area contributed by atoms with Crippen LogP contribution in [0.1, 0.15) is 81.1 Å². The molecule has 1 aliphatic rings. The molecule has 0 aromatic rings. The van der Waals surface area contributed by atoms with E-state index >= 15 is 0 Å². The lowest BCUT2D eigenvalue weighted by molar-refractivity contribution is -0.137. The van der Waals surface area contributed by atoms with Crippen LogP contribution in [-0.4, -0.2) is 108 Å². The molecule has 1 aliphatic heterocycles. The summed E-state index contributed by atoms with van der Waals surface area (Å²) in [6.07, 6.45) is 2.04. The Labute approximate surface area is 288 Å². The molecule has 5 atom stereocenters. The van der Waals surface area contributed by atoms with Crippen LogP contribution in [0.25, 0.3) is 0 Å². The molecule has 5 N–H and O–H groups in total. The molecule has 14 nitrogen and oxygen atoms in total. The zero-order valence-electron chi connectivity index (χ0n) is 29.7. The monoisotopic (exact) mass is 696 g/mol. The number of carbonyl (C=O) groups excluding carboxylic acids is 8. The Kier molecular flexibility index (Phi) is 19.0. The predicted molar refractivity (Wildman–Crippen MR) is 184 cm³/mol. The maximum Gasteiger partial charge on any atom is 0.243 e. The molecule has 0 aromatic heterocycles. The summed E-state index contributed by atoms with van der Waals surface area (Å²) in [6, 6.07) is -2.53. The Morgan fingerprint density at radius 3 is 2.00 bits per heavy atom. The zero-order chi connectivity index (χ0) is 36.6. The first-order valence-corrected chi connectivity index (χ1v) is 17.9. The van der Waals surface area contributed by atoms with Crippen LogP contribution in [-0.2, 0) is 38.4 Å². The first-order chi connectivity index (χ1) is 22.5. The maximum atomic E-state index is 13.3. The van der Waals surface area contributed by atoms with Gasteiger partial charge in [0.05, 0.1) is 30.5 Å². The Bertz CT molecular complexity index is 1160. The summed E-state index contributed by atoms with van der Waals surface area (Å²) in [6.45, 7) is 13.8. The highest BCUT2D eigenvalue weighted by molar-refractivity contribution is 8.00. The summed E-state index contributed by atoms with van der Waals surface area (Å²) in [5.74, 6) is -3.66. The Hall–Kier alpha value is -3.49. The van der Waals surface area contributed by atoms with E-state index in [-0.39, 0.29) is 72.2 Å². The van der Waals surface area contributed by atoms with Crippen molar-refractivity contribution in [2.75, 3.05) is 37.7 Å². The molecule has 1 rings (SSSR count). The number of likely N-dealkylation sites (tertiary alicyclic amines) is 1. The quantitative estimate of drug-likeness (QED) is 0.114. The highest BCUT2D eigenvalue weighted by atomic mass is 32.2. The van der Waals surface area contributed by atoms with Crippen LogP contribution in [0.3, 0.4) is 0 Å². The molecule has 0 spiro atoms. The second-order valence-electron chi connectivity index (χ2n) is 13.3. The van der Waals surface area contributed by atoms with Crippen molar-refractivity contribution in [1.29, 1.82) is 0 Å². The molecule has 1 heterocycles. The first-order valence-electron chi connectivity index (χ1n) is 16.8. The SMILES string of the molecule is CCC(C)C(NC(=O)C(CC(C)C)NC(=O)CNC(=O)C(CNC(=O)C1CCCN1C(=O)CSCC(C)=O)C(C)C)C(=O)NCC(C)=O. The fraction of sp³-hybridized carbons (Fsp3) is 0.758. The van der Waals surface area contributed by atoms with E-state index in [1.807, 2.05) is 34.6 Å². The number of hydrogen-bond donors (Lipinski definition) is 5. The number of carbonyl (C=O) groups is 8. The average molecular weight is 697 g/mol. The normalized spacial score (nSPS) is 16.8. The maximum absolute atomic E-state index is 13.3. The zero-order valence-corrected chi connectivity index (χ0v) is 30.6. The minimum atomic E-state index is -0.973. The predicted octanol–water partition coefficient (Wildman–Crippen LogP) is 0.571. The van der Waals surface area contributed by atoms with Crippen molar-refractivity contribution in [3.05, 3.63) is 0 Å². The van der Waals surface area contributed by atoms with Gasteiger partial charge in [0.25, 0.3) is 0 Å². The van der Waals surface area contributed by atoms with Gasteiger partial charge in [-0.15, -0.1) is 11.8 Å². The second-order valence-corrected chi connectivity index (χ2v) is 14.3. The highest BCUT2D eigenvalue weighted by Crippen LogP contribution is 2.20. The van der Waals surface area contributed by atoms with E-state index in [4.69, 9.17) is 0 Å². The van der Waals surface area contributed by atoms with E-state index in [1.54, 1.807) is 6.92 Å². The van der Waals surface area contributed by atoms with Crippen molar-refractivity contribution in [2.24, 2.45) is 23.7 Å². The van der Waals surface area contributed by atoms with Gasteiger partial charge in [0.1, 0.15) is 29.7 Å². The largest absolute Gasteiger partial charge is 0.353 e. The summed E-state index contributed by atoms with van der Waals surface area (Å²) in [4.78, 5) is 102. The number of thioether (sulfide) groups is 1. The number of nitrogens with one attached hydrogen (secondary N) is 5. The number of rotatable bonds is 21. The Morgan fingerprint density at radius 1 is 0.792 bits per heavy atom. The molecule has 0 saturated carbocycles. The van der Waals surface area contributed by atoms with Crippen molar-refractivity contribution in [2.45, 2.75) is 99.2 Å². The molecule has 0 bridgehead atoms. The van der Waals surface area contributed by atoms with Crippen molar-refractivity contribution in [3.63, 3.8) is 0 Å². The third kappa shape index (κ3) is 15.2. The smallest absolute Gasteiger partial charge is 0.243 e. The van der Waals surface area contributed by atoms with Crippen LogP contribution in [0.15, 0.2) is 0 Å². The Balaban J connectivity index is 2.80. The van der Waals surface area contributed by atoms with E-state index in [0.29, 0.717) is 25.8 Å². The topological polar surface area (TPSA) is 200 Å². The molecule has 5 unspecified atom stereocenters. The number of nitrogens with zero attached hydrogens (tertiary/aromatic N) is 1. The highest BCUT2D eigenvalue weighted by Gasteiger charge is 2.35. The fourth-order valence-electron chi connectivity index (χ4n) is 5.19. The van der Waals surface area contributed by atoms with Crippen LogP contribution in [0.4, 0.5) is 0 Å². The third-order valence-corrected chi connectivity index (χ3v) is 9.19. The molecule has 6 amide bonds. The van der Waals surface area contributed by atoms with Crippen LogP contribution in [0.2, 0.25) is 0 Å². The fourth-order valence-corrected chi connectivity index (χ4v) is 5.92. The molecule has 0 radical (unpaired) electrons. The van der Waals surface area contributed by atoms with Gasteiger partial charge in [0, 0.05) is 13.1 Å². The minimum absolute atomic E-state index is 0.00262. The number of Topliss-reactive ketones (excluding diaryl/α,β-unsaturated/α-hetero) is 2. The standard InChI is InChI=1S/C33H56N6O8S/c1-9-21(6)29(33(47)34-14-22(7)40)38-31(45)25(13-19(2)3)37-27(42)16-36-30(44)24(20(4)5)15-35-32(46)26-11-10-12-39(26)28(43)18-48-17-23(8)41/h19-21,24-26,29H,9-18H2,1-8H3,(H,34,47)(H,35,46)(H,36,44)(H,37,42)(H,38,45). The Morgan fingerprint density at radius 2 is 1.44 bits per heavy atom. The van der Waals surface area contributed by atoms with Crippen LogP contribution >= 0.6 is 11.8 Å². The van der Waals surface area contributed by atoms with Gasteiger partial charge in [-0.2, -0.15) is 0 Å². The number of ketones is 2. The van der Waals surface area contributed by atoms with Crippen LogP contribution < -0.4 is 26.6 Å². The molecule has 48 heavy (non-hydrogen) atoms. The van der Waals surface area contributed by atoms with Gasteiger partial charge in [0.15, 0.2) is 0 Å². The minimum Gasteiger partial charge on any atom is -0.353 e. The van der Waals surface area contributed by atoms with Gasteiger partial charge < -0.3 is 31.5 Å². The third-order valence-electron chi connectivity index (χ3n) is 8.13. The van der Waals surface area contributed by atoms with Gasteiger partial charge >= 0.3 is 0 Å². The van der Waals surface area contributed by atoms with E-state index in [2.05, 4.69) is 26.6 Å². The molecule has 1 saturated heterocycles. The van der Waals surface area contributed by atoms with Crippen LogP contribution in [0, 0.1) is 23.7 Å². The first kappa shape index (κ1) is 42.5. The van der Waals surface area contributed by atoms with Gasteiger partial charge in [0.2, 0.25) is 35.4 Å². The lowest BCUT2D eigenvalue weighted by Crippen LogP contribution is -2.57. The summed E-state index contributed by atoms with van der Waals surface area (Å²) in [7, 11) is 0. The number of hydrogen-bond acceptors (Lipinski definition) is 9. The van der Waals surface area contributed by atoms with Gasteiger partial charge in [-0.1, -0.05) is 48.0 Å². The average Bonchev–Trinajstić information content (AvgIpc) is 3.50. The molecule has 0 aliphatic carbocycles. The number of amides is 6. The molecule has 1 fully saturated rings. The molecule has 272 valence electrons. The van der Waals surface area contributed by atoms with E-state index in [9.17, 15) is 38.4 Å². The van der Waals surface area contributed by atoms with Crippen molar-refractivity contribution in [3.8, 4) is 0 Å². The molecular weight excluding hydrogens is 640 g/mol. The summed E-state index contributed by atoms with van der Waals surface area (Å²) in [5.41, 5.74) is 0. The molecule has 15 heteroatoms.